The van der Waals surface area contributed by atoms with E-state index in [1.54, 1.807) is 0 Å². The highest BCUT2D eigenvalue weighted by Gasteiger charge is 2.29. The lowest BCUT2D eigenvalue weighted by molar-refractivity contribution is 0.442. The van der Waals surface area contributed by atoms with Crippen LogP contribution in [-0.4, -0.2) is 22.3 Å². The smallest absolute Gasteiger partial charge is 0.159 e. The number of nitrogens with one attached hydrogen (secondary N) is 3. The first-order valence-corrected chi connectivity index (χ1v) is 16.9. The molecular weight excluding hydrogens is 601 g/mol. The van der Waals surface area contributed by atoms with Crippen LogP contribution in [0.1, 0.15) is 53.4 Å². The normalized spacial score (nSPS) is 21.3. The van der Waals surface area contributed by atoms with Gasteiger partial charge >= 0.3 is 0 Å². The van der Waals surface area contributed by atoms with Gasteiger partial charge in [-0.25, -0.2) is 15.0 Å². The summed E-state index contributed by atoms with van der Waals surface area (Å²) in [7, 11) is 0. The molecule has 3 heterocycles. The summed E-state index contributed by atoms with van der Waals surface area (Å²) in [5.74, 6) is 1.59. The molecule has 0 bridgehead atoms. The fourth-order valence-electron chi connectivity index (χ4n) is 6.79. The van der Waals surface area contributed by atoms with Crippen LogP contribution < -0.4 is 16.0 Å². The quantitative estimate of drug-likeness (QED) is 0.167. The lowest BCUT2D eigenvalue weighted by Crippen LogP contribution is -2.39. The van der Waals surface area contributed by atoms with E-state index in [2.05, 4.69) is 160 Å². The van der Waals surface area contributed by atoms with Crippen molar-refractivity contribution in [1.29, 1.82) is 0 Å². The molecule has 6 heteroatoms. The number of benzene rings is 4. The van der Waals surface area contributed by atoms with Crippen LogP contribution in [0.3, 0.4) is 0 Å². The zero-order chi connectivity index (χ0) is 33.0. The van der Waals surface area contributed by atoms with Crippen LogP contribution in [0.5, 0.6) is 0 Å². The molecule has 1 aromatic heterocycles. The van der Waals surface area contributed by atoms with Gasteiger partial charge in [0.1, 0.15) is 12.0 Å². The van der Waals surface area contributed by atoms with E-state index in [-0.39, 0.29) is 17.6 Å². The van der Waals surface area contributed by atoms with Gasteiger partial charge in [0.15, 0.2) is 5.82 Å². The highest BCUT2D eigenvalue weighted by atomic mass is 15.2. The summed E-state index contributed by atoms with van der Waals surface area (Å²) in [5.41, 5.74) is 9.91. The maximum Gasteiger partial charge on any atom is 0.159 e. The standard InChI is InChI=1S/C43H38N6/c1-43(17-9-4-10-18-43)37-27-34(26-36(28-37)41-46-21-12-22-47-41)39-29-38(48-42(49-39)31-15-7-3-8-16-31)33-23-32(30-13-5-2-6-14-30)24-35(25-33)40-44-19-11-20-45-40/h2-17,19,21-29,38,42,48-49H,18,20H2,1H3,(H,44,45). The Labute approximate surface area is 287 Å². The average Bonchev–Trinajstić information content (AvgIpc) is 3.19. The van der Waals surface area contributed by atoms with Gasteiger partial charge in [0, 0.05) is 47.4 Å². The molecule has 0 saturated carbocycles. The summed E-state index contributed by atoms with van der Waals surface area (Å²) in [4.78, 5) is 14.0. The Bertz CT molecular complexity index is 2110. The van der Waals surface area contributed by atoms with E-state index in [4.69, 9.17) is 4.99 Å². The molecule has 49 heavy (non-hydrogen) atoms. The second kappa shape index (κ2) is 13.3. The van der Waals surface area contributed by atoms with Gasteiger partial charge in [-0.3, -0.25) is 5.32 Å². The van der Waals surface area contributed by atoms with E-state index in [1.165, 1.54) is 11.1 Å². The Kier molecular flexibility index (Phi) is 8.30. The van der Waals surface area contributed by atoms with Crippen LogP contribution in [0.15, 0.2) is 163 Å². The SMILES string of the molecule is CC1(c2cc(C3=CC(c4cc(C5=NC=CCN5)cc(-c5ccccc5)c4)NC(c4ccccc4)N3)cc(-c3ncccn3)c2)C=CC=CC1. The van der Waals surface area contributed by atoms with Crippen molar-refractivity contribution < 1.29 is 0 Å². The van der Waals surface area contributed by atoms with Crippen molar-refractivity contribution in [1.82, 2.24) is 25.9 Å². The second-order valence-electron chi connectivity index (χ2n) is 12.9. The zero-order valence-electron chi connectivity index (χ0n) is 27.4. The van der Waals surface area contributed by atoms with E-state index in [1.807, 2.05) is 30.7 Å². The van der Waals surface area contributed by atoms with Crippen molar-refractivity contribution in [3.05, 3.63) is 186 Å². The highest BCUT2D eigenvalue weighted by molar-refractivity contribution is 6.01. The Balaban J connectivity index is 1.29. The topological polar surface area (TPSA) is 74.2 Å². The number of aromatic nitrogens is 2. The third-order valence-corrected chi connectivity index (χ3v) is 9.48. The first-order chi connectivity index (χ1) is 24.1. The number of amidine groups is 1. The summed E-state index contributed by atoms with van der Waals surface area (Å²) < 4.78 is 0. The van der Waals surface area contributed by atoms with Crippen LogP contribution >= 0.6 is 0 Å². The van der Waals surface area contributed by atoms with Gasteiger partial charge in [-0.1, -0.05) is 91.9 Å². The van der Waals surface area contributed by atoms with Crippen molar-refractivity contribution in [2.75, 3.05) is 6.54 Å². The minimum atomic E-state index is -0.152. The molecule has 0 amide bonds. The predicted octanol–water partition coefficient (Wildman–Crippen LogP) is 8.42. The number of hydrogen-bond acceptors (Lipinski definition) is 6. The summed E-state index contributed by atoms with van der Waals surface area (Å²) in [6, 6.07) is 36.5. The monoisotopic (exact) mass is 638 g/mol. The minimum absolute atomic E-state index is 0.100. The molecule has 240 valence electrons. The van der Waals surface area contributed by atoms with Crippen molar-refractivity contribution in [3.8, 4) is 22.5 Å². The third-order valence-electron chi connectivity index (χ3n) is 9.48. The first-order valence-electron chi connectivity index (χ1n) is 16.9. The molecule has 3 unspecified atom stereocenters. The summed E-state index contributed by atoms with van der Waals surface area (Å²) >= 11 is 0. The van der Waals surface area contributed by atoms with E-state index < -0.39 is 0 Å². The van der Waals surface area contributed by atoms with Crippen LogP contribution in [-0.2, 0) is 5.41 Å². The van der Waals surface area contributed by atoms with E-state index in [0.29, 0.717) is 5.82 Å². The largest absolute Gasteiger partial charge is 0.366 e. The van der Waals surface area contributed by atoms with Crippen molar-refractivity contribution in [3.63, 3.8) is 0 Å². The zero-order valence-corrected chi connectivity index (χ0v) is 27.4. The summed E-state index contributed by atoms with van der Waals surface area (Å²) in [5, 5.41) is 11.3. The van der Waals surface area contributed by atoms with Gasteiger partial charge in [-0.2, -0.15) is 0 Å². The average molecular weight is 639 g/mol. The number of rotatable bonds is 7. The highest BCUT2D eigenvalue weighted by Crippen LogP contribution is 2.38. The number of allylic oxidation sites excluding steroid dienone is 4. The van der Waals surface area contributed by atoms with Gasteiger partial charge in [-0.05, 0) is 94.4 Å². The molecule has 0 saturated heterocycles. The van der Waals surface area contributed by atoms with E-state index >= 15 is 0 Å². The maximum absolute atomic E-state index is 4.70. The van der Waals surface area contributed by atoms with E-state index in [9.17, 15) is 0 Å². The molecule has 1 aliphatic carbocycles. The third kappa shape index (κ3) is 6.51. The Morgan fingerprint density at radius 3 is 2.20 bits per heavy atom. The fourth-order valence-corrected chi connectivity index (χ4v) is 6.79. The summed E-state index contributed by atoms with van der Waals surface area (Å²) in [6.45, 7) is 3.05. The Hall–Kier alpha value is -5.85. The molecule has 5 aromatic rings. The van der Waals surface area contributed by atoms with Gasteiger partial charge in [0.05, 0.1) is 6.04 Å². The van der Waals surface area contributed by atoms with Crippen molar-refractivity contribution in [2.45, 2.75) is 31.0 Å². The van der Waals surface area contributed by atoms with Crippen LogP contribution in [0.4, 0.5) is 0 Å². The van der Waals surface area contributed by atoms with Gasteiger partial charge < -0.3 is 10.6 Å². The number of hydrogen-bond donors (Lipinski definition) is 3. The van der Waals surface area contributed by atoms with Gasteiger partial charge in [0.2, 0.25) is 0 Å². The molecule has 8 rings (SSSR count). The fraction of sp³-hybridized carbons (Fsp3) is 0.140. The Morgan fingerprint density at radius 1 is 0.694 bits per heavy atom. The lowest BCUT2D eigenvalue weighted by atomic mass is 9.76. The molecule has 0 spiro atoms. The molecule has 3 aliphatic rings. The molecule has 0 fully saturated rings. The van der Waals surface area contributed by atoms with Crippen molar-refractivity contribution >= 4 is 11.5 Å². The molecular formula is C43H38N6. The molecule has 3 N–H and O–H groups in total. The molecule has 2 aliphatic heterocycles. The molecule has 0 radical (unpaired) electrons. The maximum atomic E-state index is 4.70. The predicted molar refractivity (Wildman–Crippen MR) is 199 cm³/mol. The van der Waals surface area contributed by atoms with Gasteiger partial charge in [0.25, 0.3) is 0 Å². The minimum Gasteiger partial charge on any atom is -0.366 e. The van der Waals surface area contributed by atoms with Crippen LogP contribution in [0.25, 0.3) is 28.2 Å². The number of aliphatic imine (C=N–C) groups is 1. The van der Waals surface area contributed by atoms with E-state index in [0.717, 1.165) is 57.9 Å². The molecule has 4 aromatic carbocycles. The van der Waals surface area contributed by atoms with Crippen LogP contribution in [0, 0.1) is 0 Å². The first kappa shape index (κ1) is 30.5. The van der Waals surface area contributed by atoms with Crippen LogP contribution in [0.2, 0.25) is 0 Å². The molecule has 6 nitrogen and oxygen atoms in total. The van der Waals surface area contributed by atoms with Gasteiger partial charge in [-0.15, -0.1) is 0 Å². The lowest BCUT2D eigenvalue weighted by Gasteiger charge is -2.34. The number of nitrogens with zero attached hydrogens (tertiary/aromatic N) is 3. The Morgan fingerprint density at radius 2 is 1.45 bits per heavy atom. The molecule has 3 atom stereocenters. The summed E-state index contributed by atoms with van der Waals surface area (Å²) in [6.07, 6.45) is 19.5. The van der Waals surface area contributed by atoms with Crippen molar-refractivity contribution in [2.24, 2.45) is 4.99 Å². The second-order valence-corrected chi connectivity index (χ2v) is 12.9.